The van der Waals surface area contributed by atoms with Gasteiger partial charge in [0.2, 0.25) is 0 Å². The third-order valence-electron chi connectivity index (χ3n) is 2.64. The molecule has 0 radical (unpaired) electrons. The quantitative estimate of drug-likeness (QED) is 0.933. The molecule has 0 aliphatic carbocycles. The second kappa shape index (κ2) is 5.21. The van der Waals surface area contributed by atoms with Crippen LogP contribution in [0.15, 0.2) is 34.1 Å². The fraction of sp³-hybridized carbons (Fsp3) is 0.231. The summed E-state index contributed by atoms with van der Waals surface area (Å²) < 4.78 is 6.35. The predicted molar refractivity (Wildman–Crippen MR) is 75.8 cm³/mol. The van der Waals surface area contributed by atoms with Crippen LogP contribution in [0.2, 0.25) is 0 Å². The highest BCUT2D eigenvalue weighted by Crippen LogP contribution is 2.33. The Balaban J connectivity index is 2.32. The number of hydrogen-bond donors (Lipinski definition) is 1. The Morgan fingerprint density at radius 1 is 1.35 bits per heavy atom. The summed E-state index contributed by atoms with van der Waals surface area (Å²) >= 11 is 5.20. The van der Waals surface area contributed by atoms with Crippen molar-refractivity contribution in [3.63, 3.8) is 0 Å². The maximum atomic E-state index is 6.26. The zero-order valence-corrected chi connectivity index (χ0v) is 12.1. The average Bonchev–Trinajstić information content (AvgIpc) is 2.69. The molecule has 0 amide bonds. The highest BCUT2D eigenvalue weighted by atomic mass is 79.9. The van der Waals surface area contributed by atoms with Gasteiger partial charge >= 0.3 is 0 Å². The summed E-state index contributed by atoms with van der Waals surface area (Å²) in [6.45, 7) is 2.07. The van der Waals surface area contributed by atoms with Crippen LogP contribution in [-0.2, 0) is 0 Å². The molecule has 2 N–H and O–H groups in total. The molecule has 1 unspecified atom stereocenters. The van der Waals surface area contributed by atoms with E-state index in [9.17, 15) is 0 Å². The maximum absolute atomic E-state index is 6.26. The van der Waals surface area contributed by atoms with Gasteiger partial charge in [-0.15, -0.1) is 11.3 Å². The molecule has 1 heterocycles. The van der Waals surface area contributed by atoms with E-state index in [0.29, 0.717) is 0 Å². The van der Waals surface area contributed by atoms with Gasteiger partial charge in [0.25, 0.3) is 0 Å². The van der Waals surface area contributed by atoms with Crippen LogP contribution in [0.25, 0.3) is 0 Å². The van der Waals surface area contributed by atoms with Gasteiger partial charge in [0, 0.05) is 4.88 Å². The molecular weight excluding hydrogens is 298 g/mol. The zero-order chi connectivity index (χ0) is 12.4. The van der Waals surface area contributed by atoms with Crippen LogP contribution in [0.5, 0.6) is 5.75 Å². The molecule has 17 heavy (non-hydrogen) atoms. The third-order valence-corrected chi connectivity index (χ3v) is 4.86. The number of nitrogens with two attached hydrogens (primary N) is 1. The van der Waals surface area contributed by atoms with Crippen LogP contribution in [0, 0.1) is 6.92 Å². The van der Waals surface area contributed by atoms with Crippen molar-refractivity contribution >= 4 is 27.3 Å². The van der Waals surface area contributed by atoms with Crippen LogP contribution >= 0.6 is 27.3 Å². The van der Waals surface area contributed by atoms with Crippen molar-refractivity contribution in [3.8, 4) is 5.75 Å². The molecule has 0 aliphatic heterocycles. The largest absolute Gasteiger partial charge is 0.497 e. The van der Waals surface area contributed by atoms with Crippen LogP contribution in [0.4, 0.5) is 0 Å². The van der Waals surface area contributed by atoms with Crippen LogP contribution in [-0.4, -0.2) is 7.11 Å². The van der Waals surface area contributed by atoms with Gasteiger partial charge in [-0.05, 0) is 52.2 Å². The lowest BCUT2D eigenvalue weighted by Gasteiger charge is -2.11. The lowest BCUT2D eigenvalue weighted by atomic mass is 10.1. The van der Waals surface area contributed by atoms with Crippen molar-refractivity contribution in [1.29, 1.82) is 0 Å². The number of benzene rings is 1. The van der Waals surface area contributed by atoms with Crippen molar-refractivity contribution in [2.24, 2.45) is 5.73 Å². The lowest BCUT2D eigenvalue weighted by Crippen LogP contribution is -2.10. The van der Waals surface area contributed by atoms with E-state index in [1.807, 2.05) is 24.3 Å². The summed E-state index contributed by atoms with van der Waals surface area (Å²) in [7, 11) is 1.66. The number of thiophene rings is 1. The predicted octanol–water partition coefficient (Wildman–Crippen LogP) is 3.88. The monoisotopic (exact) mass is 311 g/mol. The summed E-state index contributed by atoms with van der Waals surface area (Å²) in [6.07, 6.45) is 0. The van der Waals surface area contributed by atoms with Gasteiger partial charge in [-0.25, -0.2) is 0 Å². The Morgan fingerprint density at radius 3 is 2.71 bits per heavy atom. The van der Waals surface area contributed by atoms with Crippen molar-refractivity contribution in [2.45, 2.75) is 13.0 Å². The molecule has 2 rings (SSSR count). The molecule has 1 aromatic carbocycles. The molecule has 2 nitrogen and oxygen atoms in total. The van der Waals surface area contributed by atoms with Gasteiger partial charge < -0.3 is 10.5 Å². The molecule has 4 heteroatoms. The molecule has 0 saturated heterocycles. The highest BCUT2D eigenvalue weighted by Gasteiger charge is 2.13. The first-order chi connectivity index (χ1) is 8.11. The molecule has 0 bridgehead atoms. The van der Waals surface area contributed by atoms with Gasteiger partial charge in [0.1, 0.15) is 5.75 Å². The zero-order valence-electron chi connectivity index (χ0n) is 9.74. The maximum Gasteiger partial charge on any atom is 0.119 e. The van der Waals surface area contributed by atoms with E-state index in [1.54, 1.807) is 18.4 Å². The molecule has 0 saturated carbocycles. The second-order valence-corrected chi connectivity index (χ2v) is 6.26. The third kappa shape index (κ3) is 2.70. The fourth-order valence-electron chi connectivity index (χ4n) is 1.64. The number of rotatable bonds is 3. The van der Waals surface area contributed by atoms with Gasteiger partial charge in [0.15, 0.2) is 0 Å². The second-order valence-electron chi connectivity index (χ2n) is 3.86. The minimum atomic E-state index is -0.0971. The molecule has 0 aliphatic rings. The lowest BCUT2D eigenvalue weighted by molar-refractivity contribution is 0.414. The average molecular weight is 312 g/mol. The first kappa shape index (κ1) is 12.6. The SMILES string of the molecule is COc1cccc(C(N)c2cc(C)c(Br)s2)c1. The van der Waals surface area contributed by atoms with Crippen molar-refractivity contribution < 1.29 is 4.74 Å². The van der Waals surface area contributed by atoms with Crippen LogP contribution in [0.3, 0.4) is 0 Å². The van der Waals surface area contributed by atoms with Crippen molar-refractivity contribution in [1.82, 2.24) is 0 Å². The Hall–Kier alpha value is -0.840. The summed E-state index contributed by atoms with van der Waals surface area (Å²) in [5, 5.41) is 0. The number of hydrogen-bond acceptors (Lipinski definition) is 3. The first-order valence-corrected chi connectivity index (χ1v) is 6.88. The molecular formula is C13H14BrNOS. The van der Waals surface area contributed by atoms with E-state index in [1.165, 1.54) is 5.56 Å². The van der Waals surface area contributed by atoms with E-state index in [-0.39, 0.29) is 6.04 Å². The standard InChI is InChI=1S/C13H14BrNOS/c1-8-6-11(17-13(8)14)12(15)9-4-3-5-10(7-9)16-2/h3-7,12H,15H2,1-2H3. The molecule has 1 aromatic heterocycles. The Morgan fingerprint density at radius 2 is 2.12 bits per heavy atom. The highest BCUT2D eigenvalue weighted by molar-refractivity contribution is 9.11. The number of ether oxygens (including phenoxy) is 1. The summed E-state index contributed by atoms with van der Waals surface area (Å²) in [5.74, 6) is 0.838. The topological polar surface area (TPSA) is 35.2 Å². The van der Waals surface area contributed by atoms with E-state index in [4.69, 9.17) is 10.5 Å². The normalized spacial score (nSPS) is 12.5. The molecule has 0 spiro atoms. The smallest absolute Gasteiger partial charge is 0.119 e. The molecule has 1 atom stereocenters. The van der Waals surface area contributed by atoms with Crippen molar-refractivity contribution in [3.05, 3.63) is 50.1 Å². The fourth-order valence-corrected chi connectivity index (χ4v) is 3.24. The summed E-state index contributed by atoms with van der Waals surface area (Å²) in [6, 6.07) is 9.91. The van der Waals surface area contributed by atoms with E-state index >= 15 is 0 Å². The van der Waals surface area contributed by atoms with Crippen LogP contribution < -0.4 is 10.5 Å². The van der Waals surface area contributed by atoms with Gasteiger partial charge in [0.05, 0.1) is 16.9 Å². The minimum absolute atomic E-state index is 0.0971. The van der Waals surface area contributed by atoms with Crippen molar-refractivity contribution in [2.75, 3.05) is 7.11 Å². The number of methoxy groups -OCH3 is 1. The summed E-state index contributed by atoms with van der Waals surface area (Å²) in [5.41, 5.74) is 8.55. The first-order valence-electron chi connectivity index (χ1n) is 5.27. The molecule has 90 valence electrons. The Bertz CT molecular complexity index is 504. The van der Waals surface area contributed by atoms with E-state index in [2.05, 4.69) is 28.9 Å². The Labute approximate surface area is 114 Å². The molecule has 0 fully saturated rings. The van der Waals surface area contributed by atoms with Crippen LogP contribution in [0.1, 0.15) is 22.0 Å². The number of halogens is 1. The summed E-state index contributed by atoms with van der Waals surface area (Å²) in [4.78, 5) is 1.16. The van der Waals surface area contributed by atoms with Gasteiger partial charge in [-0.3, -0.25) is 0 Å². The van der Waals surface area contributed by atoms with E-state index < -0.39 is 0 Å². The molecule has 2 aromatic rings. The van der Waals surface area contributed by atoms with Gasteiger partial charge in [-0.1, -0.05) is 12.1 Å². The minimum Gasteiger partial charge on any atom is -0.497 e. The Kier molecular flexibility index (Phi) is 3.86. The van der Waals surface area contributed by atoms with E-state index in [0.717, 1.165) is 20.0 Å². The van der Waals surface area contributed by atoms with Gasteiger partial charge in [-0.2, -0.15) is 0 Å². The number of aryl methyl sites for hydroxylation is 1.